The van der Waals surface area contributed by atoms with Gasteiger partial charge in [-0.1, -0.05) is 32.3 Å². The van der Waals surface area contributed by atoms with Crippen LogP contribution in [-0.4, -0.2) is 0 Å². The smallest absolute Gasteiger partial charge is 0.0361 e. The van der Waals surface area contributed by atoms with E-state index in [1.807, 2.05) is 11.3 Å². The Morgan fingerprint density at radius 1 is 1.50 bits per heavy atom. The van der Waals surface area contributed by atoms with Crippen LogP contribution in [0.2, 0.25) is 0 Å². The second-order valence-electron chi connectivity index (χ2n) is 3.03. The monoisotopic (exact) mass is 200 g/mol. The Kier molecular flexibility index (Phi) is 4.77. The lowest BCUT2D eigenvalue weighted by Gasteiger charge is -2.06. The van der Waals surface area contributed by atoms with Crippen LogP contribution >= 0.6 is 24.0 Å². The molecule has 0 amide bonds. The average Bonchev–Trinajstić information content (AvgIpc) is 2.56. The van der Waals surface area contributed by atoms with Gasteiger partial charge in [-0.05, 0) is 17.9 Å². The normalized spacial score (nSPS) is 13.2. The minimum absolute atomic E-state index is 0.469. The Labute approximate surface area is 84.4 Å². The molecule has 0 aliphatic rings. The fourth-order valence-electron chi connectivity index (χ4n) is 1.21. The van der Waals surface area contributed by atoms with Crippen molar-refractivity contribution < 1.29 is 0 Å². The zero-order chi connectivity index (χ0) is 8.81. The van der Waals surface area contributed by atoms with E-state index in [9.17, 15) is 0 Å². The molecule has 0 N–H and O–H groups in total. The first kappa shape index (κ1) is 10.1. The first-order valence-electron chi connectivity index (χ1n) is 4.56. The molecule has 0 nitrogen and oxygen atoms in total. The van der Waals surface area contributed by atoms with Crippen molar-refractivity contribution >= 4 is 24.0 Å². The maximum atomic E-state index is 4.57. The third-order valence-corrected chi connectivity index (χ3v) is 3.65. The van der Waals surface area contributed by atoms with Gasteiger partial charge >= 0.3 is 0 Å². The molecule has 1 atom stereocenters. The number of unbranched alkanes of at least 4 members (excludes halogenated alkanes) is 2. The van der Waals surface area contributed by atoms with Gasteiger partial charge in [0.2, 0.25) is 0 Å². The van der Waals surface area contributed by atoms with Crippen molar-refractivity contribution in [3.8, 4) is 0 Å². The fourth-order valence-corrected chi connectivity index (χ4v) is 2.41. The topological polar surface area (TPSA) is 0 Å². The van der Waals surface area contributed by atoms with Crippen LogP contribution in [0.15, 0.2) is 17.5 Å². The van der Waals surface area contributed by atoms with Gasteiger partial charge in [-0.25, -0.2) is 0 Å². The van der Waals surface area contributed by atoms with Crippen molar-refractivity contribution in [2.24, 2.45) is 0 Å². The van der Waals surface area contributed by atoms with Crippen LogP contribution in [0, 0.1) is 0 Å². The molecule has 2 heteroatoms. The molecule has 0 fully saturated rings. The summed E-state index contributed by atoms with van der Waals surface area (Å²) in [5.41, 5.74) is 0. The van der Waals surface area contributed by atoms with Gasteiger partial charge in [0, 0.05) is 10.1 Å². The summed E-state index contributed by atoms with van der Waals surface area (Å²) >= 11 is 6.38. The highest BCUT2D eigenvalue weighted by Gasteiger charge is 2.05. The molecule has 0 spiro atoms. The Morgan fingerprint density at radius 2 is 2.33 bits per heavy atom. The van der Waals surface area contributed by atoms with Crippen molar-refractivity contribution in [2.75, 3.05) is 0 Å². The lowest BCUT2D eigenvalue weighted by atomic mass is 10.1. The van der Waals surface area contributed by atoms with Gasteiger partial charge in [0.25, 0.3) is 0 Å². The van der Waals surface area contributed by atoms with Crippen molar-refractivity contribution in [3.05, 3.63) is 22.4 Å². The van der Waals surface area contributed by atoms with E-state index in [0.29, 0.717) is 5.25 Å². The second kappa shape index (κ2) is 5.65. The summed E-state index contributed by atoms with van der Waals surface area (Å²) in [6.45, 7) is 2.23. The van der Waals surface area contributed by atoms with E-state index in [0.717, 1.165) is 0 Å². The standard InChI is InChI=1S/C10H16S2/c1-2-3-4-6-9(11)10-7-5-8-12-10/h5,7-9,11H,2-4,6H2,1H3. The summed E-state index contributed by atoms with van der Waals surface area (Å²) in [7, 11) is 0. The zero-order valence-electron chi connectivity index (χ0n) is 7.49. The number of thiol groups is 1. The summed E-state index contributed by atoms with van der Waals surface area (Å²) in [5, 5.41) is 2.59. The average molecular weight is 200 g/mol. The van der Waals surface area contributed by atoms with Crippen LogP contribution in [0.5, 0.6) is 0 Å². The minimum Gasteiger partial charge on any atom is -0.170 e. The van der Waals surface area contributed by atoms with E-state index in [-0.39, 0.29) is 0 Å². The van der Waals surface area contributed by atoms with Crippen molar-refractivity contribution in [2.45, 2.75) is 37.9 Å². The third-order valence-electron chi connectivity index (χ3n) is 1.95. The largest absolute Gasteiger partial charge is 0.170 e. The Morgan fingerprint density at radius 3 is 2.92 bits per heavy atom. The molecule has 68 valence electrons. The fraction of sp³-hybridized carbons (Fsp3) is 0.600. The van der Waals surface area contributed by atoms with Gasteiger partial charge in [0.15, 0.2) is 0 Å². The van der Waals surface area contributed by atoms with E-state index in [1.165, 1.54) is 30.6 Å². The molecule has 1 aromatic rings. The van der Waals surface area contributed by atoms with Crippen LogP contribution in [0.3, 0.4) is 0 Å². The lowest BCUT2D eigenvalue weighted by Crippen LogP contribution is -1.86. The van der Waals surface area contributed by atoms with E-state index in [4.69, 9.17) is 0 Å². The summed E-state index contributed by atoms with van der Waals surface area (Å²) in [6, 6.07) is 4.28. The van der Waals surface area contributed by atoms with Gasteiger partial charge in [-0.3, -0.25) is 0 Å². The summed E-state index contributed by atoms with van der Waals surface area (Å²) in [4.78, 5) is 1.41. The van der Waals surface area contributed by atoms with Gasteiger partial charge in [0.1, 0.15) is 0 Å². The summed E-state index contributed by atoms with van der Waals surface area (Å²) in [5.74, 6) is 0. The molecule has 0 aromatic carbocycles. The number of thiophene rings is 1. The molecule has 0 saturated carbocycles. The van der Waals surface area contributed by atoms with Crippen molar-refractivity contribution in [3.63, 3.8) is 0 Å². The molecule has 1 heterocycles. The first-order valence-corrected chi connectivity index (χ1v) is 5.95. The first-order chi connectivity index (χ1) is 5.84. The highest BCUT2D eigenvalue weighted by molar-refractivity contribution is 7.80. The Balaban J connectivity index is 2.25. The molecule has 0 radical (unpaired) electrons. The summed E-state index contributed by atoms with van der Waals surface area (Å²) < 4.78 is 0. The highest BCUT2D eigenvalue weighted by atomic mass is 32.1. The van der Waals surface area contributed by atoms with E-state index in [1.54, 1.807) is 0 Å². The van der Waals surface area contributed by atoms with Crippen molar-refractivity contribution in [1.82, 2.24) is 0 Å². The Hall–Kier alpha value is 0.0500. The quantitative estimate of drug-likeness (QED) is 0.532. The number of hydrogen-bond donors (Lipinski definition) is 1. The minimum atomic E-state index is 0.469. The molecule has 1 aromatic heterocycles. The SMILES string of the molecule is CCCCCC(S)c1cccs1. The predicted molar refractivity (Wildman–Crippen MR) is 60.2 cm³/mol. The van der Waals surface area contributed by atoms with Crippen LogP contribution in [0.4, 0.5) is 0 Å². The second-order valence-corrected chi connectivity index (χ2v) is 4.63. The van der Waals surface area contributed by atoms with Gasteiger partial charge in [-0.15, -0.1) is 11.3 Å². The predicted octanol–water partition coefficient (Wildman–Crippen LogP) is 4.30. The van der Waals surface area contributed by atoms with Gasteiger partial charge < -0.3 is 0 Å². The highest BCUT2D eigenvalue weighted by Crippen LogP contribution is 2.29. The molecule has 1 unspecified atom stereocenters. The van der Waals surface area contributed by atoms with E-state index in [2.05, 4.69) is 37.1 Å². The molecule has 0 aliphatic heterocycles. The third kappa shape index (κ3) is 3.20. The molecule has 12 heavy (non-hydrogen) atoms. The number of hydrogen-bond acceptors (Lipinski definition) is 2. The van der Waals surface area contributed by atoms with E-state index >= 15 is 0 Å². The molecular weight excluding hydrogens is 184 g/mol. The maximum Gasteiger partial charge on any atom is 0.0361 e. The summed E-state index contributed by atoms with van der Waals surface area (Å²) in [6.07, 6.45) is 5.16. The number of rotatable bonds is 5. The molecule has 0 aliphatic carbocycles. The molecule has 1 rings (SSSR count). The van der Waals surface area contributed by atoms with E-state index < -0.39 is 0 Å². The van der Waals surface area contributed by atoms with Crippen LogP contribution in [-0.2, 0) is 0 Å². The zero-order valence-corrected chi connectivity index (χ0v) is 9.20. The van der Waals surface area contributed by atoms with Gasteiger partial charge in [0.05, 0.1) is 0 Å². The Bertz CT molecular complexity index is 192. The van der Waals surface area contributed by atoms with Gasteiger partial charge in [-0.2, -0.15) is 12.6 Å². The lowest BCUT2D eigenvalue weighted by molar-refractivity contribution is 0.665. The van der Waals surface area contributed by atoms with Crippen LogP contribution in [0.25, 0.3) is 0 Å². The van der Waals surface area contributed by atoms with Crippen LogP contribution in [0.1, 0.15) is 42.7 Å². The maximum absolute atomic E-state index is 4.57. The van der Waals surface area contributed by atoms with Crippen molar-refractivity contribution in [1.29, 1.82) is 0 Å². The molecule has 0 saturated heterocycles. The van der Waals surface area contributed by atoms with Crippen LogP contribution < -0.4 is 0 Å². The molecule has 0 bridgehead atoms. The molecular formula is C10H16S2.